The molecular formula is C23H18OS. The molecule has 2 aromatic carbocycles. The number of ether oxygens (including phenoxy) is 1. The molecule has 0 bridgehead atoms. The fourth-order valence-electron chi connectivity index (χ4n) is 2.81. The van der Waals surface area contributed by atoms with Crippen LogP contribution in [-0.2, 0) is 0 Å². The molecule has 1 aromatic heterocycles. The molecule has 2 aliphatic rings. The summed E-state index contributed by atoms with van der Waals surface area (Å²) in [7, 11) is 1.69. The fourth-order valence-corrected chi connectivity index (χ4v) is 3.74. The number of rotatable bonds is 3. The van der Waals surface area contributed by atoms with Crippen molar-refractivity contribution >= 4 is 11.3 Å². The van der Waals surface area contributed by atoms with Crippen LogP contribution in [0.5, 0.6) is 5.75 Å². The molecule has 122 valence electrons. The SMILES string of the molecule is COc1cc2cc-2c1.c1ccc(-c2ccsc2-c2ccccc2)cc1. The Kier molecular flexibility index (Phi) is 4.36. The van der Waals surface area contributed by atoms with E-state index in [1.807, 2.05) is 12.1 Å². The molecule has 1 heterocycles. The van der Waals surface area contributed by atoms with Crippen LogP contribution >= 0.6 is 11.3 Å². The van der Waals surface area contributed by atoms with E-state index in [4.69, 9.17) is 4.74 Å². The van der Waals surface area contributed by atoms with Crippen molar-refractivity contribution in [1.29, 1.82) is 0 Å². The molecule has 0 aliphatic heterocycles. The molecule has 1 nitrogen and oxygen atoms in total. The number of fused-ring (bicyclic) bond motifs is 1. The molecule has 0 amide bonds. The second-order valence-corrected chi connectivity index (χ2v) is 6.76. The molecule has 2 heteroatoms. The number of hydrogen-bond donors (Lipinski definition) is 0. The minimum Gasteiger partial charge on any atom is -0.497 e. The Morgan fingerprint density at radius 2 is 1.24 bits per heavy atom. The average molecular weight is 342 g/mol. The molecule has 0 N–H and O–H groups in total. The van der Waals surface area contributed by atoms with Crippen molar-refractivity contribution in [3.63, 3.8) is 0 Å². The second-order valence-electron chi connectivity index (χ2n) is 5.85. The van der Waals surface area contributed by atoms with Crippen molar-refractivity contribution in [2.75, 3.05) is 7.11 Å². The van der Waals surface area contributed by atoms with Crippen LogP contribution in [-0.4, -0.2) is 7.11 Å². The third-order valence-electron chi connectivity index (χ3n) is 4.18. The van der Waals surface area contributed by atoms with Crippen molar-refractivity contribution in [2.24, 2.45) is 0 Å². The first-order chi connectivity index (χ1) is 12.3. The van der Waals surface area contributed by atoms with Gasteiger partial charge in [-0.3, -0.25) is 0 Å². The fraction of sp³-hybridized carbons (Fsp3) is 0.0435. The predicted molar refractivity (Wildman–Crippen MR) is 107 cm³/mol. The standard InChI is InChI=1S/C16H12S.C7H6O/c1-3-7-13(8-4-1)15-11-12-17-16(15)14-9-5-2-6-10-14;1-8-7-3-5-2-6(5)4-7/h1-12H;2-4H,1H3. The van der Waals surface area contributed by atoms with E-state index < -0.39 is 0 Å². The molecule has 5 rings (SSSR count). The van der Waals surface area contributed by atoms with Gasteiger partial charge in [0.2, 0.25) is 0 Å². The van der Waals surface area contributed by atoms with E-state index in [9.17, 15) is 0 Å². The third-order valence-corrected chi connectivity index (χ3v) is 5.14. The summed E-state index contributed by atoms with van der Waals surface area (Å²) in [5, 5.41) is 2.16. The van der Waals surface area contributed by atoms with Crippen molar-refractivity contribution < 1.29 is 4.74 Å². The van der Waals surface area contributed by atoms with Crippen molar-refractivity contribution in [3.05, 3.63) is 90.3 Å². The van der Waals surface area contributed by atoms with E-state index in [0.29, 0.717) is 0 Å². The Morgan fingerprint density at radius 1 is 0.640 bits per heavy atom. The van der Waals surface area contributed by atoms with Gasteiger partial charge in [0.25, 0.3) is 0 Å². The Morgan fingerprint density at radius 3 is 1.80 bits per heavy atom. The van der Waals surface area contributed by atoms with Crippen molar-refractivity contribution in [1.82, 2.24) is 0 Å². The van der Waals surface area contributed by atoms with Crippen LogP contribution in [0, 0.1) is 0 Å². The summed E-state index contributed by atoms with van der Waals surface area (Å²) in [5.74, 6) is 0.984. The zero-order chi connectivity index (χ0) is 17.1. The lowest BCUT2D eigenvalue weighted by atomic mass is 10.0. The molecule has 3 aromatic rings. The predicted octanol–water partition coefficient (Wildman–Crippen LogP) is 6.76. The van der Waals surface area contributed by atoms with E-state index in [1.165, 1.54) is 32.7 Å². The molecule has 0 atom stereocenters. The summed E-state index contributed by atoms with van der Waals surface area (Å²) < 4.78 is 4.96. The molecule has 0 unspecified atom stereocenters. The molecule has 0 radical (unpaired) electrons. The van der Waals surface area contributed by atoms with Crippen LogP contribution in [0.15, 0.2) is 90.3 Å². The van der Waals surface area contributed by atoms with Crippen molar-refractivity contribution in [3.8, 4) is 38.4 Å². The molecule has 25 heavy (non-hydrogen) atoms. The van der Waals surface area contributed by atoms with Gasteiger partial charge in [-0.1, -0.05) is 60.7 Å². The average Bonchev–Trinajstić information content (AvgIpc) is 3.10. The van der Waals surface area contributed by atoms with Gasteiger partial charge < -0.3 is 4.74 Å². The second kappa shape index (κ2) is 6.96. The molecule has 0 saturated heterocycles. The number of benzene rings is 3. The summed E-state index contributed by atoms with van der Waals surface area (Å²) in [5.41, 5.74) is 6.57. The van der Waals surface area contributed by atoms with Crippen LogP contribution < -0.4 is 4.74 Å². The maximum Gasteiger partial charge on any atom is 0.120 e. The maximum atomic E-state index is 4.96. The number of hydrogen-bond acceptors (Lipinski definition) is 2. The monoisotopic (exact) mass is 342 g/mol. The zero-order valence-corrected chi connectivity index (χ0v) is 14.8. The van der Waals surface area contributed by atoms with Gasteiger partial charge in [0.15, 0.2) is 0 Å². The van der Waals surface area contributed by atoms with E-state index in [2.05, 4.69) is 78.2 Å². The van der Waals surface area contributed by atoms with E-state index in [-0.39, 0.29) is 0 Å². The molecule has 0 fully saturated rings. The van der Waals surface area contributed by atoms with Crippen LogP contribution in [0.25, 0.3) is 32.7 Å². The van der Waals surface area contributed by atoms with Gasteiger partial charge in [-0.05, 0) is 51.9 Å². The highest BCUT2D eigenvalue weighted by molar-refractivity contribution is 7.14. The first-order valence-corrected chi connectivity index (χ1v) is 9.11. The quantitative estimate of drug-likeness (QED) is 0.352. The summed E-state index contributed by atoms with van der Waals surface area (Å²) in [6.45, 7) is 0. The van der Waals surface area contributed by atoms with Crippen molar-refractivity contribution in [2.45, 2.75) is 0 Å². The van der Waals surface area contributed by atoms with Gasteiger partial charge in [-0.2, -0.15) is 0 Å². The van der Waals surface area contributed by atoms with Gasteiger partial charge in [-0.25, -0.2) is 0 Å². The minimum absolute atomic E-state index is 0.984. The van der Waals surface area contributed by atoms with Crippen LogP contribution in [0.1, 0.15) is 0 Å². The Hall–Kier alpha value is -2.84. The normalized spacial score (nSPS) is 10.6. The molecule has 0 spiro atoms. The smallest absolute Gasteiger partial charge is 0.120 e. The molecule has 2 aliphatic carbocycles. The van der Waals surface area contributed by atoms with Crippen LogP contribution in [0.3, 0.4) is 0 Å². The maximum absolute atomic E-state index is 4.96. The highest BCUT2D eigenvalue weighted by Gasteiger charge is 2.13. The summed E-state index contributed by atoms with van der Waals surface area (Å²) in [6.07, 6.45) is 0. The molecular weight excluding hydrogens is 324 g/mol. The summed E-state index contributed by atoms with van der Waals surface area (Å²) in [4.78, 5) is 1.34. The lowest BCUT2D eigenvalue weighted by Gasteiger charge is -2.03. The first-order valence-electron chi connectivity index (χ1n) is 8.23. The number of methoxy groups -OCH3 is 1. The largest absolute Gasteiger partial charge is 0.497 e. The Balaban J connectivity index is 0.000000163. The van der Waals surface area contributed by atoms with E-state index in [1.54, 1.807) is 18.4 Å². The lowest BCUT2D eigenvalue weighted by molar-refractivity contribution is 0.416. The Labute approximate surface area is 152 Å². The van der Waals surface area contributed by atoms with Gasteiger partial charge in [-0.15, -0.1) is 11.3 Å². The van der Waals surface area contributed by atoms with Crippen LogP contribution in [0.2, 0.25) is 0 Å². The summed E-state index contributed by atoms with van der Waals surface area (Å²) >= 11 is 1.80. The topological polar surface area (TPSA) is 9.23 Å². The Bertz CT molecular complexity index is 897. The molecule has 0 saturated carbocycles. The lowest BCUT2D eigenvalue weighted by Crippen LogP contribution is -1.77. The van der Waals surface area contributed by atoms with Crippen LogP contribution in [0.4, 0.5) is 0 Å². The summed E-state index contributed by atoms with van der Waals surface area (Å²) in [6, 6.07) is 29.5. The zero-order valence-electron chi connectivity index (χ0n) is 14.0. The van der Waals surface area contributed by atoms with Gasteiger partial charge in [0.05, 0.1) is 7.11 Å². The highest BCUT2D eigenvalue weighted by atomic mass is 32.1. The van der Waals surface area contributed by atoms with E-state index >= 15 is 0 Å². The van der Waals surface area contributed by atoms with Gasteiger partial charge in [0.1, 0.15) is 5.75 Å². The number of thiophene rings is 1. The first kappa shape index (κ1) is 15.7. The highest BCUT2D eigenvalue weighted by Crippen LogP contribution is 2.39. The van der Waals surface area contributed by atoms with Gasteiger partial charge in [0, 0.05) is 10.4 Å². The third kappa shape index (κ3) is 3.49. The van der Waals surface area contributed by atoms with Gasteiger partial charge >= 0.3 is 0 Å². The van der Waals surface area contributed by atoms with E-state index in [0.717, 1.165) is 5.75 Å². The minimum atomic E-state index is 0.984.